The van der Waals surface area contributed by atoms with Crippen LogP contribution in [0.3, 0.4) is 0 Å². The molecule has 0 aliphatic carbocycles. The van der Waals surface area contributed by atoms with E-state index in [1.165, 1.54) is 11.6 Å². The summed E-state index contributed by atoms with van der Waals surface area (Å²) in [7, 11) is 1.47. The third kappa shape index (κ3) is 3.13. The fourth-order valence-electron chi connectivity index (χ4n) is 3.19. The van der Waals surface area contributed by atoms with Gasteiger partial charge in [-0.1, -0.05) is 5.92 Å². The molecule has 0 spiro atoms. The van der Waals surface area contributed by atoms with Gasteiger partial charge in [-0.05, 0) is 13.3 Å². The largest absolute Gasteiger partial charge is 0.396 e. The van der Waals surface area contributed by atoms with Crippen LogP contribution in [0.15, 0.2) is 9.59 Å². The maximum atomic E-state index is 12.8. The highest BCUT2D eigenvalue weighted by Crippen LogP contribution is 2.20. The summed E-state index contributed by atoms with van der Waals surface area (Å²) in [5.74, 6) is 6.51. The van der Waals surface area contributed by atoms with E-state index in [1.807, 2.05) is 0 Å². The van der Waals surface area contributed by atoms with Gasteiger partial charge in [0.25, 0.3) is 5.56 Å². The van der Waals surface area contributed by atoms with Crippen LogP contribution in [-0.2, 0) is 20.1 Å². The number of anilines is 1. The number of hydrogen-bond donors (Lipinski definition) is 2. The van der Waals surface area contributed by atoms with Crippen molar-refractivity contribution in [3.8, 4) is 11.8 Å². The van der Waals surface area contributed by atoms with E-state index in [1.54, 1.807) is 11.5 Å². The zero-order chi connectivity index (χ0) is 18.7. The number of imidazole rings is 1. The number of aliphatic hydroxyl groups excluding tert-OH is 1. The topological polar surface area (TPSA) is 97.3 Å². The number of hydrogen-bond acceptors (Lipinski definition) is 6. The zero-order valence-electron chi connectivity index (χ0n) is 15.2. The van der Waals surface area contributed by atoms with Gasteiger partial charge in [0.15, 0.2) is 11.2 Å². The predicted octanol–water partition coefficient (Wildman–Crippen LogP) is -1.29. The average Bonchev–Trinajstić information content (AvgIpc) is 3.04. The fraction of sp³-hybridized carbons (Fsp3) is 0.588. The normalized spacial score (nSPS) is 14.5. The van der Waals surface area contributed by atoms with E-state index < -0.39 is 5.69 Å². The Morgan fingerprint density at radius 2 is 1.96 bits per heavy atom. The van der Waals surface area contributed by atoms with Crippen LogP contribution in [0.4, 0.5) is 5.95 Å². The van der Waals surface area contributed by atoms with Crippen LogP contribution >= 0.6 is 0 Å². The van der Waals surface area contributed by atoms with Crippen LogP contribution in [0.5, 0.6) is 0 Å². The van der Waals surface area contributed by atoms with Crippen LogP contribution in [-0.4, -0.2) is 56.6 Å². The van der Waals surface area contributed by atoms with Gasteiger partial charge in [0.1, 0.15) is 0 Å². The molecule has 0 radical (unpaired) electrons. The van der Waals surface area contributed by atoms with E-state index in [2.05, 4.69) is 27.0 Å². The van der Waals surface area contributed by atoms with Gasteiger partial charge in [-0.3, -0.25) is 18.5 Å². The molecule has 3 heterocycles. The molecule has 0 amide bonds. The first-order chi connectivity index (χ1) is 12.6. The number of piperazine rings is 1. The molecule has 0 aromatic carbocycles. The number of aromatic nitrogens is 4. The van der Waals surface area contributed by atoms with E-state index in [0.29, 0.717) is 36.6 Å². The zero-order valence-corrected chi connectivity index (χ0v) is 15.2. The summed E-state index contributed by atoms with van der Waals surface area (Å²) in [6.07, 6.45) is 0.414. The smallest absolute Gasteiger partial charge is 0.332 e. The van der Waals surface area contributed by atoms with Gasteiger partial charge in [-0.25, -0.2) is 4.79 Å². The van der Waals surface area contributed by atoms with Gasteiger partial charge in [-0.2, -0.15) is 4.98 Å². The first-order valence-electron chi connectivity index (χ1n) is 8.76. The van der Waals surface area contributed by atoms with Crippen molar-refractivity contribution >= 4 is 17.1 Å². The third-order valence-electron chi connectivity index (χ3n) is 4.56. The predicted molar refractivity (Wildman–Crippen MR) is 99.5 cm³/mol. The van der Waals surface area contributed by atoms with Crippen LogP contribution in [0.1, 0.15) is 13.3 Å². The lowest BCUT2D eigenvalue weighted by molar-refractivity contribution is 0.279. The van der Waals surface area contributed by atoms with E-state index >= 15 is 0 Å². The van der Waals surface area contributed by atoms with Gasteiger partial charge in [0.05, 0.1) is 6.54 Å². The van der Waals surface area contributed by atoms with Crippen molar-refractivity contribution in [2.75, 3.05) is 37.7 Å². The van der Waals surface area contributed by atoms with Crippen LogP contribution in [0, 0.1) is 11.8 Å². The summed E-state index contributed by atoms with van der Waals surface area (Å²) in [6.45, 7) is 5.55. The Morgan fingerprint density at radius 3 is 2.62 bits per heavy atom. The molecule has 3 rings (SSSR count). The number of nitrogens with zero attached hydrogens (tertiary/aromatic N) is 5. The first-order valence-corrected chi connectivity index (χ1v) is 8.76. The molecule has 9 heteroatoms. The van der Waals surface area contributed by atoms with E-state index in [9.17, 15) is 9.59 Å². The second-order valence-electron chi connectivity index (χ2n) is 6.21. The van der Waals surface area contributed by atoms with Crippen molar-refractivity contribution < 1.29 is 5.11 Å². The van der Waals surface area contributed by atoms with E-state index in [0.717, 1.165) is 30.7 Å². The lowest BCUT2D eigenvalue weighted by Gasteiger charge is -2.28. The molecule has 2 aromatic heterocycles. The molecule has 0 atom stereocenters. The number of aryl methyl sites for hydroxylation is 1. The Balaban J connectivity index is 2.29. The molecular formula is C17H24N6O3. The Kier molecular flexibility index (Phi) is 5.44. The summed E-state index contributed by atoms with van der Waals surface area (Å²) in [4.78, 5) is 32.2. The highest BCUT2D eigenvalue weighted by molar-refractivity contribution is 5.75. The van der Waals surface area contributed by atoms with Crippen LogP contribution in [0.2, 0.25) is 0 Å². The number of fused-ring (bicyclic) bond motifs is 1. The standard InChI is InChI=1S/C17H24N6O3/c1-3-4-8-22-13-14(19-16(22)21-10-6-18-7-11-21)23(9-5-12-24)17(26)20(2)15(13)25/h18,24H,5-12H2,1-2H3. The highest BCUT2D eigenvalue weighted by Gasteiger charge is 2.24. The molecule has 26 heavy (non-hydrogen) atoms. The lowest BCUT2D eigenvalue weighted by Crippen LogP contribution is -2.44. The van der Waals surface area contributed by atoms with Gasteiger partial charge >= 0.3 is 5.69 Å². The Morgan fingerprint density at radius 1 is 1.23 bits per heavy atom. The molecule has 0 unspecified atom stereocenters. The van der Waals surface area contributed by atoms with Crippen LogP contribution < -0.4 is 21.5 Å². The molecule has 140 valence electrons. The quantitative estimate of drug-likeness (QED) is 0.644. The van der Waals surface area contributed by atoms with Crippen molar-refractivity contribution in [3.63, 3.8) is 0 Å². The van der Waals surface area contributed by atoms with E-state index in [-0.39, 0.29) is 12.2 Å². The molecule has 2 N–H and O–H groups in total. The minimum atomic E-state index is -0.422. The summed E-state index contributed by atoms with van der Waals surface area (Å²) in [5.41, 5.74) is -0.0645. The van der Waals surface area contributed by atoms with Crippen molar-refractivity contribution in [2.24, 2.45) is 7.05 Å². The molecular weight excluding hydrogens is 336 g/mol. The summed E-state index contributed by atoms with van der Waals surface area (Å²) >= 11 is 0. The van der Waals surface area contributed by atoms with Crippen molar-refractivity contribution in [3.05, 3.63) is 20.8 Å². The summed E-state index contributed by atoms with van der Waals surface area (Å²) in [6, 6.07) is 0. The molecule has 2 aromatic rings. The monoisotopic (exact) mass is 360 g/mol. The summed E-state index contributed by atoms with van der Waals surface area (Å²) in [5, 5.41) is 12.4. The average molecular weight is 360 g/mol. The molecule has 1 aliphatic rings. The fourth-order valence-corrected chi connectivity index (χ4v) is 3.19. The van der Waals surface area contributed by atoms with Crippen LogP contribution in [0.25, 0.3) is 11.2 Å². The molecule has 1 saturated heterocycles. The van der Waals surface area contributed by atoms with Gasteiger partial charge < -0.3 is 15.3 Å². The van der Waals surface area contributed by atoms with Crippen molar-refractivity contribution in [1.29, 1.82) is 0 Å². The summed E-state index contributed by atoms with van der Waals surface area (Å²) < 4.78 is 4.36. The third-order valence-corrected chi connectivity index (χ3v) is 4.56. The molecule has 1 fully saturated rings. The minimum absolute atomic E-state index is 0.0382. The second-order valence-corrected chi connectivity index (χ2v) is 6.21. The first kappa shape index (κ1) is 18.2. The van der Waals surface area contributed by atoms with Crippen molar-refractivity contribution in [2.45, 2.75) is 26.4 Å². The second kappa shape index (κ2) is 7.76. The number of nitrogens with one attached hydrogen (secondary N) is 1. The van der Waals surface area contributed by atoms with Gasteiger partial charge in [0, 0.05) is 46.4 Å². The molecule has 0 bridgehead atoms. The maximum absolute atomic E-state index is 12.8. The molecule has 1 aliphatic heterocycles. The van der Waals surface area contributed by atoms with Crippen molar-refractivity contribution in [1.82, 2.24) is 24.0 Å². The highest BCUT2D eigenvalue weighted by atomic mass is 16.3. The Hall–Kier alpha value is -2.57. The number of rotatable bonds is 5. The van der Waals surface area contributed by atoms with Gasteiger partial charge in [-0.15, -0.1) is 5.92 Å². The molecule has 0 saturated carbocycles. The minimum Gasteiger partial charge on any atom is -0.396 e. The Labute approximate surface area is 150 Å². The van der Waals surface area contributed by atoms with Gasteiger partial charge in [0.2, 0.25) is 5.95 Å². The number of aliphatic hydroxyl groups is 1. The molecule has 9 nitrogen and oxygen atoms in total. The SMILES string of the molecule is CC#CCn1c(N2CCNCC2)nc2c1c(=O)n(C)c(=O)n2CCCO. The maximum Gasteiger partial charge on any atom is 0.332 e. The van der Waals surface area contributed by atoms with E-state index in [4.69, 9.17) is 5.11 Å². The Bertz CT molecular complexity index is 969. The lowest BCUT2D eigenvalue weighted by atomic mass is 10.4.